The number of ether oxygens (including phenoxy) is 2. The van der Waals surface area contributed by atoms with Gasteiger partial charge in [0.05, 0.1) is 0 Å². The molecule has 0 fully saturated rings. The van der Waals surface area contributed by atoms with Gasteiger partial charge in [0.2, 0.25) is 0 Å². The van der Waals surface area contributed by atoms with E-state index in [0.29, 0.717) is 12.8 Å². The van der Waals surface area contributed by atoms with Gasteiger partial charge in [0.1, 0.15) is 12.2 Å². The Morgan fingerprint density at radius 1 is 0.250 bits per heavy atom. The van der Waals surface area contributed by atoms with Crippen molar-refractivity contribution in [3.63, 3.8) is 0 Å². The molecule has 0 heterocycles. The standard InChI is InChI=1S/C56H110O4/c1-5-9-13-17-20-22-23-24-25-26-27-29-34-39-45-51-55(57)59-53(47-41-16-12-8-4)49-43-38-33-30-31-35-40-46-52-56(58)60-54(48-42-36-19-15-11-7-3)50-44-37-32-28-21-18-14-10-6-2/h53-54H,5-52H2,1-4H3. The van der Waals surface area contributed by atoms with Crippen molar-refractivity contribution in [1.82, 2.24) is 0 Å². The summed E-state index contributed by atoms with van der Waals surface area (Å²) in [4.78, 5) is 25.6. The van der Waals surface area contributed by atoms with Crippen LogP contribution in [0.4, 0.5) is 0 Å². The van der Waals surface area contributed by atoms with Crippen molar-refractivity contribution in [1.29, 1.82) is 0 Å². The zero-order valence-corrected chi connectivity index (χ0v) is 41.7. The third-order valence-corrected chi connectivity index (χ3v) is 13.1. The van der Waals surface area contributed by atoms with Crippen molar-refractivity contribution in [3.05, 3.63) is 0 Å². The van der Waals surface area contributed by atoms with Gasteiger partial charge in [-0.1, -0.05) is 259 Å². The van der Waals surface area contributed by atoms with Gasteiger partial charge >= 0.3 is 11.9 Å². The van der Waals surface area contributed by atoms with Gasteiger partial charge in [0.15, 0.2) is 0 Å². The van der Waals surface area contributed by atoms with E-state index in [9.17, 15) is 9.59 Å². The van der Waals surface area contributed by atoms with Gasteiger partial charge < -0.3 is 9.47 Å². The lowest BCUT2D eigenvalue weighted by atomic mass is 10.0. The summed E-state index contributed by atoms with van der Waals surface area (Å²) in [5.41, 5.74) is 0. The molecule has 0 aromatic carbocycles. The van der Waals surface area contributed by atoms with Crippen LogP contribution in [-0.4, -0.2) is 24.1 Å². The van der Waals surface area contributed by atoms with E-state index in [2.05, 4.69) is 27.7 Å². The number of carbonyl (C=O) groups is 2. The van der Waals surface area contributed by atoms with E-state index >= 15 is 0 Å². The first-order chi connectivity index (χ1) is 29.6. The largest absolute Gasteiger partial charge is 0.462 e. The molecule has 0 aromatic rings. The summed E-state index contributed by atoms with van der Waals surface area (Å²) >= 11 is 0. The molecule has 4 nitrogen and oxygen atoms in total. The maximum absolute atomic E-state index is 12.8. The quantitative estimate of drug-likeness (QED) is 0.0452. The molecular formula is C56H110O4. The second-order valence-electron chi connectivity index (χ2n) is 19.3. The molecule has 0 N–H and O–H groups in total. The van der Waals surface area contributed by atoms with Gasteiger partial charge in [-0.3, -0.25) is 9.59 Å². The molecule has 0 bridgehead atoms. The summed E-state index contributed by atoms with van der Waals surface area (Å²) in [6.45, 7) is 9.11. The molecular weight excluding hydrogens is 737 g/mol. The van der Waals surface area contributed by atoms with E-state index in [0.717, 1.165) is 57.8 Å². The van der Waals surface area contributed by atoms with Crippen molar-refractivity contribution in [3.8, 4) is 0 Å². The number of esters is 2. The van der Waals surface area contributed by atoms with Crippen LogP contribution in [0.3, 0.4) is 0 Å². The molecule has 358 valence electrons. The number of hydrogen-bond acceptors (Lipinski definition) is 4. The predicted molar refractivity (Wildman–Crippen MR) is 264 cm³/mol. The molecule has 0 rings (SSSR count). The highest BCUT2D eigenvalue weighted by atomic mass is 16.5. The van der Waals surface area contributed by atoms with E-state index in [1.165, 1.54) is 238 Å². The fourth-order valence-corrected chi connectivity index (χ4v) is 8.99. The summed E-state index contributed by atoms with van der Waals surface area (Å²) in [6.07, 6.45) is 60.0. The zero-order chi connectivity index (χ0) is 43.7. The fraction of sp³-hybridized carbons (Fsp3) is 0.964. The zero-order valence-electron chi connectivity index (χ0n) is 41.7. The number of unbranched alkanes of at least 4 members (excludes halogenated alkanes) is 37. The van der Waals surface area contributed by atoms with E-state index in [-0.39, 0.29) is 24.1 Å². The highest BCUT2D eigenvalue weighted by molar-refractivity contribution is 5.69. The van der Waals surface area contributed by atoms with Crippen molar-refractivity contribution >= 4 is 11.9 Å². The molecule has 0 aliphatic heterocycles. The Morgan fingerprint density at radius 3 is 0.633 bits per heavy atom. The summed E-state index contributed by atoms with van der Waals surface area (Å²) in [5.74, 6) is 0.0860. The smallest absolute Gasteiger partial charge is 0.306 e. The Balaban J connectivity index is 4.12. The lowest BCUT2D eigenvalue weighted by molar-refractivity contribution is -0.151. The first-order valence-electron chi connectivity index (χ1n) is 28.0. The van der Waals surface area contributed by atoms with Crippen LogP contribution in [0.2, 0.25) is 0 Å². The van der Waals surface area contributed by atoms with E-state index in [4.69, 9.17) is 9.47 Å². The van der Waals surface area contributed by atoms with Gasteiger partial charge in [-0.15, -0.1) is 0 Å². The molecule has 2 unspecified atom stereocenters. The molecule has 2 atom stereocenters. The highest BCUT2D eigenvalue weighted by Crippen LogP contribution is 2.21. The van der Waals surface area contributed by atoms with Crippen LogP contribution < -0.4 is 0 Å². The van der Waals surface area contributed by atoms with Gasteiger partial charge in [0.25, 0.3) is 0 Å². The maximum atomic E-state index is 12.8. The second kappa shape index (κ2) is 50.6. The van der Waals surface area contributed by atoms with E-state index in [1.807, 2.05) is 0 Å². The summed E-state index contributed by atoms with van der Waals surface area (Å²) in [6, 6.07) is 0. The Bertz CT molecular complexity index is 841. The van der Waals surface area contributed by atoms with Crippen molar-refractivity contribution in [2.75, 3.05) is 0 Å². The molecule has 0 aromatic heterocycles. The lowest BCUT2D eigenvalue weighted by Gasteiger charge is -2.18. The first-order valence-corrected chi connectivity index (χ1v) is 28.0. The van der Waals surface area contributed by atoms with E-state index in [1.54, 1.807) is 0 Å². The number of hydrogen-bond donors (Lipinski definition) is 0. The van der Waals surface area contributed by atoms with Crippen molar-refractivity contribution in [2.45, 2.75) is 348 Å². The second-order valence-corrected chi connectivity index (χ2v) is 19.3. The van der Waals surface area contributed by atoms with Gasteiger partial charge in [-0.25, -0.2) is 0 Å². The lowest BCUT2D eigenvalue weighted by Crippen LogP contribution is -2.18. The Morgan fingerprint density at radius 2 is 0.417 bits per heavy atom. The summed E-state index contributed by atoms with van der Waals surface area (Å²) in [7, 11) is 0. The molecule has 0 saturated heterocycles. The van der Waals surface area contributed by atoms with Crippen LogP contribution in [0.25, 0.3) is 0 Å². The minimum atomic E-state index is 0.0428. The number of carbonyl (C=O) groups excluding carboxylic acids is 2. The van der Waals surface area contributed by atoms with Crippen LogP contribution in [0, 0.1) is 0 Å². The summed E-state index contributed by atoms with van der Waals surface area (Å²) in [5, 5.41) is 0. The average Bonchev–Trinajstić information content (AvgIpc) is 3.24. The van der Waals surface area contributed by atoms with Gasteiger partial charge in [0, 0.05) is 12.8 Å². The number of rotatable bonds is 51. The van der Waals surface area contributed by atoms with E-state index < -0.39 is 0 Å². The normalized spacial score (nSPS) is 12.5. The third kappa shape index (κ3) is 46.4. The topological polar surface area (TPSA) is 52.6 Å². The summed E-state index contributed by atoms with van der Waals surface area (Å²) < 4.78 is 12.2. The maximum Gasteiger partial charge on any atom is 0.306 e. The van der Waals surface area contributed by atoms with Gasteiger partial charge in [-0.2, -0.15) is 0 Å². The van der Waals surface area contributed by atoms with Crippen LogP contribution in [0.15, 0.2) is 0 Å². The van der Waals surface area contributed by atoms with Crippen LogP contribution in [-0.2, 0) is 19.1 Å². The Hall–Kier alpha value is -1.06. The minimum absolute atomic E-state index is 0.0428. The Labute approximate surface area is 377 Å². The third-order valence-electron chi connectivity index (χ3n) is 13.1. The molecule has 0 amide bonds. The van der Waals surface area contributed by atoms with Crippen molar-refractivity contribution < 1.29 is 19.1 Å². The fourth-order valence-electron chi connectivity index (χ4n) is 8.99. The van der Waals surface area contributed by atoms with Gasteiger partial charge in [-0.05, 0) is 64.2 Å². The monoisotopic (exact) mass is 847 g/mol. The molecule has 0 saturated carbocycles. The predicted octanol–water partition coefficient (Wildman–Crippen LogP) is 19.6. The molecule has 0 aliphatic rings. The molecule has 60 heavy (non-hydrogen) atoms. The molecule has 0 radical (unpaired) electrons. The highest BCUT2D eigenvalue weighted by Gasteiger charge is 2.16. The van der Waals surface area contributed by atoms with Crippen LogP contribution >= 0.6 is 0 Å². The van der Waals surface area contributed by atoms with Crippen molar-refractivity contribution in [2.24, 2.45) is 0 Å². The minimum Gasteiger partial charge on any atom is -0.462 e. The SMILES string of the molecule is CCCCCCCCCCCCCCCCCC(=O)OC(CCCCCC)CCCCCCCCCCC(=O)OC(CCCCCCCC)CCCCCCCCCCC. The molecule has 0 spiro atoms. The first kappa shape index (κ1) is 58.9. The average molecular weight is 847 g/mol. The van der Waals surface area contributed by atoms with Crippen LogP contribution in [0.5, 0.6) is 0 Å². The Kier molecular flexibility index (Phi) is 49.7. The van der Waals surface area contributed by atoms with Crippen LogP contribution in [0.1, 0.15) is 336 Å². The molecule has 0 aliphatic carbocycles. The molecule has 4 heteroatoms.